The quantitative estimate of drug-likeness (QED) is 0.139. The summed E-state index contributed by atoms with van der Waals surface area (Å²) in [4.78, 5) is 2.46. The maximum absolute atomic E-state index is 15.2. The van der Waals surface area contributed by atoms with Gasteiger partial charge in [0.2, 0.25) is 0 Å². The molecule has 0 aromatic heterocycles. The molecule has 0 fully saturated rings. The first kappa shape index (κ1) is 28.8. The van der Waals surface area contributed by atoms with Crippen molar-refractivity contribution in [3.05, 3.63) is 168 Å². The van der Waals surface area contributed by atoms with E-state index in [2.05, 4.69) is 84.6 Å². The molecule has 2 atom stereocenters. The molecule has 0 saturated carbocycles. The van der Waals surface area contributed by atoms with Crippen molar-refractivity contribution in [3.63, 3.8) is 0 Å². The molecule has 0 aliphatic carbocycles. The Bertz CT molecular complexity index is 1410. The van der Waals surface area contributed by atoms with E-state index in [1.807, 2.05) is 78.9 Å². The van der Waals surface area contributed by atoms with Gasteiger partial charge in [-0.05, 0) is 23.6 Å². The van der Waals surface area contributed by atoms with Gasteiger partial charge in [-0.15, -0.1) is 0 Å². The van der Waals surface area contributed by atoms with Gasteiger partial charge in [0.05, 0.1) is 12.7 Å². The minimum atomic E-state index is -3.01. The van der Waals surface area contributed by atoms with Crippen LogP contribution < -0.4 is 10.6 Å². The van der Waals surface area contributed by atoms with E-state index in [1.54, 1.807) is 0 Å². The second-order valence-corrected chi connectivity index (χ2v) is 13.4. The third-order valence-corrected chi connectivity index (χ3v) is 10.8. The lowest BCUT2D eigenvalue weighted by molar-refractivity contribution is -0.0105. The van der Waals surface area contributed by atoms with Crippen LogP contribution in [0.1, 0.15) is 23.6 Å². The highest BCUT2D eigenvalue weighted by Crippen LogP contribution is 2.45. The summed E-state index contributed by atoms with van der Waals surface area (Å²) in [6, 6.07) is 51.2. The van der Waals surface area contributed by atoms with Crippen LogP contribution in [0.3, 0.4) is 0 Å². The topological polar surface area (TPSA) is 29.5 Å². The van der Waals surface area contributed by atoms with E-state index in [9.17, 15) is 0 Å². The van der Waals surface area contributed by atoms with E-state index in [4.69, 9.17) is 4.74 Å². The number of ether oxygens (including phenoxy) is 1. The molecule has 0 spiro atoms. The fraction of sp³-hybridized carbons (Fsp3) is 0.189. The van der Waals surface area contributed by atoms with Crippen molar-refractivity contribution in [1.82, 2.24) is 4.90 Å². The first-order valence-electron chi connectivity index (χ1n) is 14.3. The van der Waals surface area contributed by atoms with Crippen molar-refractivity contribution in [2.24, 2.45) is 0 Å². The van der Waals surface area contributed by atoms with E-state index >= 15 is 4.57 Å². The average molecular weight is 560 g/mol. The molecule has 3 nitrogen and oxygen atoms in total. The van der Waals surface area contributed by atoms with Crippen LogP contribution >= 0.6 is 7.14 Å². The van der Waals surface area contributed by atoms with Gasteiger partial charge in [-0.25, -0.2) is 0 Å². The maximum Gasteiger partial charge on any atom is 0.145 e. The van der Waals surface area contributed by atoms with Crippen molar-refractivity contribution >= 4 is 17.8 Å². The normalized spacial score (nSPS) is 13.1. The molecule has 5 rings (SSSR count). The summed E-state index contributed by atoms with van der Waals surface area (Å²) in [5, 5.41) is 1.73. The molecular weight excluding hydrogens is 521 g/mol. The number of hydrogen-bond donors (Lipinski definition) is 0. The van der Waals surface area contributed by atoms with E-state index in [0.29, 0.717) is 12.8 Å². The molecule has 0 amide bonds. The minimum absolute atomic E-state index is 0.0140. The highest BCUT2D eigenvalue weighted by atomic mass is 31.2. The van der Waals surface area contributed by atoms with Crippen LogP contribution in [0.4, 0.5) is 0 Å². The Balaban J connectivity index is 1.52. The number of benzene rings is 5. The van der Waals surface area contributed by atoms with Crippen LogP contribution in [-0.2, 0) is 29.0 Å². The fourth-order valence-electron chi connectivity index (χ4n) is 5.29. The maximum atomic E-state index is 15.2. The van der Waals surface area contributed by atoms with E-state index in [-0.39, 0.29) is 12.1 Å². The van der Waals surface area contributed by atoms with E-state index < -0.39 is 7.14 Å². The lowest BCUT2D eigenvalue weighted by atomic mass is 10.1. The standard InChI is InChI=1S/C37H38NO2P/c1-31(38(27-32-17-7-2-8-18-32)28-33-19-9-3-10-20-33)37(40-29-34-21-11-4-12-22-34)30-41(39,35-23-13-5-14-24-35)36-25-15-6-16-26-36/h2-26,31,37H,27-30H2,1H3/t31-,37-/m0/s1. The van der Waals surface area contributed by atoms with Crippen LogP contribution in [0.15, 0.2) is 152 Å². The summed E-state index contributed by atoms with van der Waals surface area (Å²) < 4.78 is 22.0. The van der Waals surface area contributed by atoms with Crippen molar-refractivity contribution in [2.45, 2.75) is 38.8 Å². The molecule has 0 unspecified atom stereocenters. The highest BCUT2D eigenvalue weighted by Gasteiger charge is 2.35. The Morgan fingerprint density at radius 2 is 0.927 bits per heavy atom. The second-order valence-electron chi connectivity index (χ2n) is 10.5. The number of hydrogen-bond acceptors (Lipinski definition) is 3. The Morgan fingerprint density at radius 1 is 0.561 bits per heavy atom. The summed E-state index contributed by atoms with van der Waals surface area (Å²) in [6.45, 7) is 4.22. The Kier molecular flexibility index (Phi) is 9.99. The molecule has 0 aliphatic rings. The van der Waals surface area contributed by atoms with E-state index in [1.165, 1.54) is 11.1 Å². The molecule has 41 heavy (non-hydrogen) atoms. The molecule has 5 aromatic rings. The molecule has 0 bridgehead atoms. The van der Waals surface area contributed by atoms with Crippen molar-refractivity contribution in [3.8, 4) is 0 Å². The van der Waals surface area contributed by atoms with Crippen molar-refractivity contribution in [1.29, 1.82) is 0 Å². The minimum Gasteiger partial charge on any atom is -0.371 e. The van der Waals surface area contributed by atoms with Crippen LogP contribution in [0, 0.1) is 0 Å². The zero-order chi connectivity index (χ0) is 28.3. The van der Waals surface area contributed by atoms with Crippen molar-refractivity contribution in [2.75, 3.05) is 6.16 Å². The van der Waals surface area contributed by atoms with Gasteiger partial charge < -0.3 is 9.30 Å². The molecule has 4 heteroatoms. The van der Waals surface area contributed by atoms with Crippen LogP contribution in [0.5, 0.6) is 0 Å². The molecule has 0 aliphatic heterocycles. The van der Waals surface area contributed by atoms with Gasteiger partial charge in [0, 0.05) is 35.9 Å². The monoisotopic (exact) mass is 559 g/mol. The number of nitrogens with zero attached hydrogens (tertiary/aromatic N) is 1. The Hall–Kier alpha value is -3.75. The summed E-state index contributed by atoms with van der Waals surface area (Å²) >= 11 is 0. The largest absolute Gasteiger partial charge is 0.371 e. The summed E-state index contributed by atoms with van der Waals surface area (Å²) in [5.74, 6) is 0. The Labute approximate surface area is 244 Å². The van der Waals surface area contributed by atoms with Crippen LogP contribution in [0.25, 0.3) is 0 Å². The van der Waals surface area contributed by atoms with Gasteiger partial charge in [0.25, 0.3) is 0 Å². The first-order chi connectivity index (χ1) is 20.1. The van der Waals surface area contributed by atoms with E-state index in [0.717, 1.165) is 29.3 Å². The molecule has 5 aromatic carbocycles. The predicted octanol–water partition coefficient (Wildman–Crippen LogP) is 7.68. The zero-order valence-electron chi connectivity index (χ0n) is 23.6. The van der Waals surface area contributed by atoms with Gasteiger partial charge in [-0.2, -0.15) is 0 Å². The molecule has 0 saturated heterocycles. The molecule has 0 N–H and O–H groups in total. The zero-order valence-corrected chi connectivity index (χ0v) is 24.5. The highest BCUT2D eigenvalue weighted by molar-refractivity contribution is 7.78. The first-order valence-corrected chi connectivity index (χ1v) is 16.2. The summed E-state index contributed by atoms with van der Waals surface area (Å²) in [6.07, 6.45) is 0.128. The molecular formula is C37H38NO2P. The van der Waals surface area contributed by atoms with Crippen molar-refractivity contribution < 1.29 is 9.30 Å². The lowest BCUT2D eigenvalue weighted by Crippen LogP contribution is -2.45. The average Bonchev–Trinajstić information content (AvgIpc) is 3.04. The molecule has 208 valence electrons. The molecule has 0 radical (unpaired) electrons. The molecule has 0 heterocycles. The van der Waals surface area contributed by atoms with Crippen LogP contribution in [-0.4, -0.2) is 23.2 Å². The smallest absolute Gasteiger partial charge is 0.145 e. The Morgan fingerprint density at radius 3 is 1.34 bits per heavy atom. The predicted molar refractivity (Wildman–Crippen MR) is 171 cm³/mol. The SMILES string of the molecule is C[C@@H]([C@H](CP(=O)(c1ccccc1)c1ccccc1)OCc1ccccc1)N(Cc1ccccc1)Cc1ccccc1. The lowest BCUT2D eigenvalue weighted by Gasteiger charge is -2.37. The third-order valence-electron chi connectivity index (χ3n) is 7.66. The fourth-order valence-corrected chi connectivity index (χ4v) is 8.23. The van der Waals surface area contributed by atoms with Crippen LogP contribution in [0.2, 0.25) is 0 Å². The van der Waals surface area contributed by atoms with Gasteiger partial charge in [0.15, 0.2) is 0 Å². The van der Waals surface area contributed by atoms with Gasteiger partial charge >= 0.3 is 0 Å². The summed E-state index contributed by atoms with van der Waals surface area (Å²) in [7, 11) is -3.01. The van der Waals surface area contributed by atoms with Gasteiger partial charge in [0.1, 0.15) is 7.14 Å². The number of rotatable bonds is 13. The third kappa shape index (κ3) is 7.71. The van der Waals surface area contributed by atoms with Gasteiger partial charge in [-0.3, -0.25) is 4.90 Å². The second kappa shape index (κ2) is 14.2. The summed E-state index contributed by atoms with van der Waals surface area (Å²) in [5.41, 5.74) is 3.59. The van der Waals surface area contributed by atoms with Gasteiger partial charge in [-0.1, -0.05) is 152 Å².